The van der Waals surface area contributed by atoms with Gasteiger partial charge in [0.1, 0.15) is 18.9 Å². The monoisotopic (exact) mass is 347 g/mol. The zero-order chi connectivity index (χ0) is 18.0. The lowest BCUT2D eigenvalue weighted by atomic mass is 9.93. The van der Waals surface area contributed by atoms with E-state index in [9.17, 15) is 9.59 Å². The Labute approximate surface area is 148 Å². The molecule has 0 aromatic heterocycles. The van der Waals surface area contributed by atoms with Gasteiger partial charge >= 0.3 is 6.09 Å². The zero-order valence-electron chi connectivity index (χ0n) is 15.0. The van der Waals surface area contributed by atoms with Crippen molar-refractivity contribution in [3.63, 3.8) is 0 Å². The van der Waals surface area contributed by atoms with Crippen molar-refractivity contribution < 1.29 is 19.1 Å². The fraction of sp³-hybridized carbons (Fsp3) is 0.556. The second kappa shape index (κ2) is 7.31. The standard InChI is InChI=1S/C18H25N3O4/c1-19(2)16-11-21(17(22)12-20-8-9-25-18(20)23)10-15(16)13-4-6-14(24-3)7-5-13/h4-7,15-16H,8-12H2,1-3H3/t15-,16+/m0/s1. The van der Waals surface area contributed by atoms with Gasteiger partial charge in [-0.2, -0.15) is 0 Å². The van der Waals surface area contributed by atoms with Crippen LogP contribution in [0.25, 0.3) is 0 Å². The first kappa shape index (κ1) is 17.5. The molecule has 2 amide bonds. The number of nitrogens with zero attached hydrogens (tertiary/aromatic N) is 3. The Balaban J connectivity index is 1.71. The summed E-state index contributed by atoms with van der Waals surface area (Å²) in [5.41, 5.74) is 1.19. The molecular weight excluding hydrogens is 322 g/mol. The lowest BCUT2D eigenvalue weighted by molar-refractivity contribution is -0.130. The van der Waals surface area contributed by atoms with Gasteiger partial charge in [0.2, 0.25) is 5.91 Å². The number of hydrogen-bond donors (Lipinski definition) is 0. The molecule has 0 saturated carbocycles. The van der Waals surface area contributed by atoms with Crippen LogP contribution in [0.4, 0.5) is 4.79 Å². The molecule has 0 aliphatic carbocycles. The van der Waals surface area contributed by atoms with E-state index in [1.807, 2.05) is 31.1 Å². The summed E-state index contributed by atoms with van der Waals surface area (Å²) in [6.07, 6.45) is -0.400. The quantitative estimate of drug-likeness (QED) is 0.795. The Hall–Kier alpha value is -2.28. The van der Waals surface area contributed by atoms with Crippen molar-refractivity contribution in [3.8, 4) is 5.75 Å². The summed E-state index contributed by atoms with van der Waals surface area (Å²) in [5.74, 6) is 1.03. The molecule has 2 heterocycles. The minimum Gasteiger partial charge on any atom is -0.497 e. The Kier molecular flexibility index (Phi) is 5.13. The van der Waals surface area contributed by atoms with Gasteiger partial charge in [0, 0.05) is 25.0 Å². The molecule has 0 spiro atoms. The van der Waals surface area contributed by atoms with Gasteiger partial charge in [0.15, 0.2) is 0 Å². The molecule has 1 aromatic rings. The molecule has 0 radical (unpaired) electrons. The fourth-order valence-electron chi connectivity index (χ4n) is 3.52. The molecule has 0 unspecified atom stereocenters. The Bertz CT molecular complexity index is 632. The van der Waals surface area contributed by atoms with Gasteiger partial charge in [0.25, 0.3) is 0 Å². The Morgan fingerprint density at radius 3 is 2.56 bits per heavy atom. The minimum absolute atomic E-state index is 0.0262. The van der Waals surface area contributed by atoms with Crippen LogP contribution < -0.4 is 4.74 Å². The number of methoxy groups -OCH3 is 1. The second-order valence-electron chi connectivity index (χ2n) is 6.75. The number of ether oxygens (including phenoxy) is 2. The first-order valence-corrected chi connectivity index (χ1v) is 8.49. The number of rotatable bonds is 5. The van der Waals surface area contributed by atoms with Crippen molar-refractivity contribution in [1.29, 1.82) is 0 Å². The first-order valence-electron chi connectivity index (χ1n) is 8.49. The molecule has 136 valence electrons. The van der Waals surface area contributed by atoms with Crippen LogP contribution in [-0.2, 0) is 9.53 Å². The molecule has 2 fully saturated rings. The van der Waals surface area contributed by atoms with Gasteiger partial charge in [-0.1, -0.05) is 12.1 Å². The second-order valence-corrected chi connectivity index (χ2v) is 6.75. The summed E-state index contributed by atoms with van der Waals surface area (Å²) < 4.78 is 10.1. The van der Waals surface area contributed by atoms with Gasteiger partial charge in [-0.25, -0.2) is 4.79 Å². The van der Waals surface area contributed by atoms with Crippen molar-refractivity contribution in [2.45, 2.75) is 12.0 Å². The highest BCUT2D eigenvalue weighted by Gasteiger charge is 2.38. The highest BCUT2D eigenvalue weighted by Crippen LogP contribution is 2.31. The maximum atomic E-state index is 12.6. The molecule has 3 rings (SSSR count). The smallest absolute Gasteiger partial charge is 0.410 e. The molecule has 0 bridgehead atoms. The van der Waals surface area contributed by atoms with Crippen LogP contribution in [0.3, 0.4) is 0 Å². The normalized spacial score (nSPS) is 23.3. The summed E-state index contributed by atoms with van der Waals surface area (Å²) >= 11 is 0. The highest BCUT2D eigenvalue weighted by atomic mass is 16.6. The summed E-state index contributed by atoms with van der Waals surface area (Å²) in [5, 5.41) is 0. The van der Waals surface area contributed by atoms with Crippen LogP contribution in [0.2, 0.25) is 0 Å². The molecule has 1 aromatic carbocycles. The van der Waals surface area contributed by atoms with Gasteiger partial charge in [-0.3, -0.25) is 9.69 Å². The molecule has 25 heavy (non-hydrogen) atoms. The lowest BCUT2D eigenvalue weighted by Gasteiger charge is -2.25. The van der Waals surface area contributed by atoms with E-state index in [1.54, 1.807) is 7.11 Å². The number of likely N-dealkylation sites (N-methyl/N-ethyl adjacent to an activating group) is 1. The lowest BCUT2D eigenvalue weighted by Crippen LogP contribution is -2.41. The van der Waals surface area contributed by atoms with E-state index in [-0.39, 0.29) is 24.4 Å². The maximum Gasteiger partial charge on any atom is 0.410 e. The SMILES string of the molecule is COc1ccc([C@@H]2CN(C(=O)CN3CCOC3=O)C[C@H]2N(C)C)cc1. The molecule has 7 heteroatoms. The van der Waals surface area contributed by atoms with E-state index >= 15 is 0 Å². The van der Waals surface area contributed by atoms with E-state index in [2.05, 4.69) is 17.0 Å². The van der Waals surface area contributed by atoms with Crippen molar-refractivity contribution in [1.82, 2.24) is 14.7 Å². The predicted molar refractivity (Wildman–Crippen MR) is 92.7 cm³/mol. The third kappa shape index (κ3) is 3.71. The number of cyclic esters (lactones) is 1. The van der Waals surface area contributed by atoms with Gasteiger partial charge in [-0.05, 0) is 31.8 Å². The van der Waals surface area contributed by atoms with Crippen LogP contribution in [-0.4, -0.2) is 86.7 Å². The van der Waals surface area contributed by atoms with E-state index in [0.717, 1.165) is 5.75 Å². The molecule has 7 nitrogen and oxygen atoms in total. The molecule has 0 N–H and O–H groups in total. The third-order valence-corrected chi connectivity index (χ3v) is 5.02. The summed E-state index contributed by atoms with van der Waals surface area (Å²) in [6, 6.07) is 8.26. The minimum atomic E-state index is -0.400. The predicted octanol–water partition coefficient (Wildman–Crippen LogP) is 1.00. The van der Waals surface area contributed by atoms with Crippen molar-refractivity contribution >= 4 is 12.0 Å². The van der Waals surface area contributed by atoms with E-state index in [0.29, 0.717) is 26.2 Å². The first-order chi connectivity index (χ1) is 12.0. The fourth-order valence-corrected chi connectivity index (χ4v) is 3.52. The van der Waals surface area contributed by atoms with Gasteiger partial charge in [0.05, 0.1) is 13.7 Å². The number of amides is 2. The van der Waals surface area contributed by atoms with Crippen LogP contribution in [0.15, 0.2) is 24.3 Å². The molecule has 2 aliphatic rings. The third-order valence-electron chi connectivity index (χ3n) is 5.02. The van der Waals surface area contributed by atoms with Crippen LogP contribution >= 0.6 is 0 Å². The average Bonchev–Trinajstić information content (AvgIpc) is 3.22. The van der Waals surface area contributed by atoms with E-state index in [1.165, 1.54) is 10.5 Å². The Morgan fingerprint density at radius 1 is 1.28 bits per heavy atom. The highest BCUT2D eigenvalue weighted by molar-refractivity contribution is 5.83. The van der Waals surface area contributed by atoms with Crippen LogP contribution in [0.5, 0.6) is 5.75 Å². The van der Waals surface area contributed by atoms with E-state index < -0.39 is 6.09 Å². The van der Waals surface area contributed by atoms with Crippen molar-refractivity contribution in [2.24, 2.45) is 0 Å². The van der Waals surface area contributed by atoms with Gasteiger partial charge in [-0.15, -0.1) is 0 Å². The molecule has 2 atom stereocenters. The topological polar surface area (TPSA) is 62.3 Å². The van der Waals surface area contributed by atoms with Crippen LogP contribution in [0.1, 0.15) is 11.5 Å². The number of carbonyl (C=O) groups is 2. The number of hydrogen-bond acceptors (Lipinski definition) is 5. The van der Waals surface area contributed by atoms with Gasteiger partial charge < -0.3 is 19.3 Å². The number of benzene rings is 1. The number of carbonyl (C=O) groups excluding carboxylic acids is 2. The average molecular weight is 347 g/mol. The summed E-state index contributed by atoms with van der Waals surface area (Å²) in [6.45, 7) is 2.25. The van der Waals surface area contributed by atoms with Crippen molar-refractivity contribution in [2.75, 3.05) is 54.0 Å². The maximum absolute atomic E-state index is 12.6. The summed E-state index contributed by atoms with van der Waals surface area (Å²) in [7, 11) is 5.72. The van der Waals surface area contributed by atoms with E-state index in [4.69, 9.17) is 9.47 Å². The number of likely N-dealkylation sites (tertiary alicyclic amines) is 1. The zero-order valence-corrected chi connectivity index (χ0v) is 15.0. The molecule has 2 saturated heterocycles. The molecule has 2 aliphatic heterocycles. The summed E-state index contributed by atoms with van der Waals surface area (Å²) in [4.78, 5) is 29.7. The molecular formula is C18H25N3O4. The largest absolute Gasteiger partial charge is 0.497 e. The van der Waals surface area contributed by atoms with Crippen molar-refractivity contribution in [3.05, 3.63) is 29.8 Å². The van der Waals surface area contributed by atoms with Crippen LogP contribution in [0, 0.1) is 0 Å². The Morgan fingerprint density at radius 2 is 2.00 bits per heavy atom.